The highest BCUT2D eigenvalue weighted by Crippen LogP contribution is 2.43. The minimum atomic E-state index is -2.04. The molecule has 1 aliphatic carbocycles. The predicted molar refractivity (Wildman–Crippen MR) is 74.0 cm³/mol. The van der Waals surface area contributed by atoms with E-state index >= 15 is 0 Å². The Morgan fingerprint density at radius 1 is 1.15 bits per heavy atom. The molecule has 0 amide bonds. The number of ketones is 1. The topological polar surface area (TPSA) is 58.9 Å². The maximum atomic E-state index is 12.3. The van der Waals surface area contributed by atoms with Crippen molar-refractivity contribution in [1.82, 2.24) is 0 Å². The zero-order chi connectivity index (χ0) is 13.9. The SMILES string of the molecule is O=C1c2ccccc2C2=Nc3cc(Cl)ccc3O[C@]12O. The number of carbonyl (C=O) groups excluding carboxylic acids is 1. The van der Waals surface area contributed by atoms with Crippen LogP contribution in [0.5, 0.6) is 5.75 Å². The van der Waals surface area contributed by atoms with Crippen LogP contribution in [0.3, 0.4) is 0 Å². The highest BCUT2D eigenvalue weighted by Gasteiger charge is 2.54. The van der Waals surface area contributed by atoms with Crippen molar-refractivity contribution in [3.8, 4) is 5.75 Å². The van der Waals surface area contributed by atoms with Crippen LogP contribution in [0.2, 0.25) is 5.02 Å². The van der Waals surface area contributed by atoms with Crippen molar-refractivity contribution in [3.05, 3.63) is 58.6 Å². The minimum Gasteiger partial charge on any atom is -0.447 e. The quantitative estimate of drug-likeness (QED) is 0.810. The Morgan fingerprint density at radius 3 is 2.70 bits per heavy atom. The predicted octanol–water partition coefficient (Wildman–Crippen LogP) is 2.74. The maximum Gasteiger partial charge on any atom is 0.318 e. The van der Waals surface area contributed by atoms with Gasteiger partial charge in [0, 0.05) is 16.1 Å². The van der Waals surface area contributed by atoms with Crippen molar-refractivity contribution in [1.29, 1.82) is 0 Å². The third kappa shape index (κ3) is 1.35. The number of hydrogen-bond donors (Lipinski definition) is 1. The summed E-state index contributed by atoms with van der Waals surface area (Å²) in [7, 11) is 0. The van der Waals surface area contributed by atoms with Crippen LogP contribution in [0.25, 0.3) is 0 Å². The van der Waals surface area contributed by atoms with Gasteiger partial charge >= 0.3 is 5.79 Å². The fourth-order valence-electron chi connectivity index (χ4n) is 2.53. The Balaban J connectivity index is 2.01. The first-order valence-electron chi connectivity index (χ1n) is 6.04. The Bertz CT molecular complexity index is 799. The molecule has 20 heavy (non-hydrogen) atoms. The number of hydrogen-bond acceptors (Lipinski definition) is 4. The van der Waals surface area contributed by atoms with Crippen molar-refractivity contribution < 1.29 is 14.6 Å². The van der Waals surface area contributed by atoms with Crippen LogP contribution in [0.1, 0.15) is 15.9 Å². The van der Waals surface area contributed by atoms with Crippen molar-refractivity contribution in [3.63, 3.8) is 0 Å². The molecule has 0 radical (unpaired) electrons. The van der Waals surface area contributed by atoms with E-state index in [-0.39, 0.29) is 5.71 Å². The molecular weight excluding hydrogens is 278 g/mol. The third-order valence-corrected chi connectivity index (χ3v) is 3.70. The largest absolute Gasteiger partial charge is 0.447 e. The highest BCUT2D eigenvalue weighted by molar-refractivity contribution is 6.34. The van der Waals surface area contributed by atoms with Crippen LogP contribution in [0, 0.1) is 0 Å². The number of Topliss-reactive ketones (excluding diaryl/α,β-unsaturated/α-hetero) is 1. The van der Waals surface area contributed by atoms with E-state index in [1.54, 1.807) is 42.5 Å². The van der Waals surface area contributed by atoms with Crippen molar-refractivity contribution >= 4 is 28.8 Å². The second-order valence-corrected chi connectivity index (χ2v) is 5.13. The van der Waals surface area contributed by atoms with E-state index in [4.69, 9.17) is 16.3 Å². The molecule has 1 aliphatic heterocycles. The Hall–Kier alpha value is -2.17. The van der Waals surface area contributed by atoms with Gasteiger partial charge in [-0.15, -0.1) is 0 Å². The minimum absolute atomic E-state index is 0.216. The van der Waals surface area contributed by atoms with Gasteiger partial charge in [-0.1, -0.05) is 35.9 Å². The molecule has 1 atom stereocenters. The molecule has 4 rings (SSSR count). The van der Waals surface area contributed by atoms with Gasteiger partial charge in [0.2, 0.25) is 5.78 Å². The van der Waals surface area contributed by atoms with Gasteiger partial charge < -0.3 is 9.84 Å². The highest BCUT2D eigenvalue weighted by atomic mass is 35.5. The Morgan fingerprint density at radius 2 is 1.90 bits per heavy atom. The maximum absolute atomic E-state index is 12.3. The summed E-state index contributed by atoms with van der Waals surface area (Å²) in [5.41, 5.74) is 1.72. The van der Waals surface area contributed by atoms with Gasteiger partial charge in [-0.05, 0) is 18.2 Å². The summed E-state index contributed by atoms with van der Waals surface area (Å²) in [4.78, 5) is 16.7. The first-order chi connectivity index (χ1) is 9.59. The first-order valence-corrected chi connectivity index (χ1v) is 6.42. The molecule has 0 bridgehead atoms. The molecule has 0 unspecified atom stereocenters. The molecule has 4 nitrogen and oxygen atoms in total. The molecule has 1 N–H and O–H groups in total. The lowest BCUT2D eigenvalue weighted by atomic mass is 10.1. The molecule has 0 spiro atoms. The second kappa shape index (κ2) is 3.69. The molecule has 2 aromatic rings. The van der Waals surface area contributed by atoms with E-state index in [2.05, 4.69) is 4.99 Å². The van der Waals surface area contributed by atoms with Gasteiger partial charge in [0.15, 0.2) is 0 Å². The van der Waals surface area contributed by atoms with Gasteiger partial charge in [0.05, 0.1) is 0 Å². The van der Waals surface area contributed by atoms with Crippen molar-refractivity contribution in [2.45, 2.75) is 5.79 Å². The standard InChI is InChI=1S/C15H8ClNO3/c16-8-5-6-12-11(7-8)17-13-9-3-1-2-4-10(9)14(18)15(13,19)20-12/h1-7,19H/t15-/m0/s1. The molecule has 0 fully saturated rings. The molecule has 0 aromatic heterocycles. The monoisotopic (exact) mass is 285 g/mol. The molecular formula is C15H8ClNO3. The summed E-state index contributed by atoms with van der Waals surface area (Å²) in [6.45, 7) is 0. The van der Waals surface area contributed by atoms with E-state index in [9.17, 15) is 9.90 Å². The summed E-state index contributed by atoms with van der Waals surface area (Å²) in [6, 6.07) is 11.8. The van der Waals surface area contributed by atoms with E-state index in [1.165, 1.54) is 0 Å². The van der Waals surface area contributed by atoms with Crippen LogP contribution in [-0.2, 0) is 0 Å². The van der Waals surface area contributed by atoms with E-state index in [0.717, 1.165) is 0 Å². The summed E-state index contributed by atoms with van der Waals surface area (Å²) in [6.07, 6.45) is 0. The molecule has 98 valence electrons. The fourth-order valence-corrected chi connectivity index (χ4v) is 2.70. The van der Waals surface area contributed by atoms with Gasteiger partial charge in [-0.25, -0.2) is 4.99 Å². The molecule has 0 saturated carbocycles. The number of aliphatic imine (C=N–C) groups is 1. The van der Waals surface area contributed by atoms with Crippen LogP contribution in [0.15, 0.2) is 47.5 Å². The molecule has 1 heterocycles. The first kappa shape index (κ1) is 11.6. The zero-order valence-corrected chi connectivity index (χ0v) is 10.9. The summed E-state index contributed by atoms with van der Waals surface area (Å²) < 4.78 is 5.51. The molecule has 0 saturated heterocycles. The number of halogens is 1. The average Bonchev–Trinajstić information content (AvgIpc) is 2.66. The average molecular weight is 286 g/mol. The van der Waals surface area contributed by atoms with Gasteiger partial charge in [0.1, 0.15) is 17.1 Å². The number of ether oxygens (including phenoxy) is 1. The number of rotatable bonds is 0. The Labute approximate surface area is 119 Å². The number of fused-ring (bicyclic) bond motifs is 4. The number of aliphatic hydroxyl groups is 1. The summed E-state index contributed by atoms with van der Waals surface area (Å²) >= 11 is 5.93. The van der Waals surface area contributed by atoms with Gasteiger partial charge in [-0.3, -0.25) is 4.79 Å². The third-order valence-electron chi connectivity index (χ3n) is 3.47. The number of benzene rings is 2. The fraction of sp³-hybridized carbons (Fsp3) is 0.0667. The van der Waals surface area contributed by atoms with Crippen LogP contribution in [0.4, 0.5) is 5.69 Å². The lowest BCUT2D eigenvalue weighted by Gasteiger charge is -2.28. The van der Waals surface area contributed by atoms with Crippen LogP contribution < -0.4 is 4.74 Å². The van der Waals surface area contributed by atoms with E-state index in [1.807, 2.05) is 0 Å². The van der Waals surface area contributed by atoms with Crippen molar-refractivity contribution in [2.24, 2.45) is 4.99 Å². The number of carbonyl (C=O) groups is 1. The lowest BCUT2D eigenvalue weighted by molar-refractivity contribution is -0.0458. The normalized spacial score (nSPS) is 22.5. The summed E-state index contributed by atoms with van der Waals surface area (Å²) in [5, 5.41) is 11.1. The van der Waals surface area contributed by atoms with Crippen LogP contribution >= 0.6 is 11.6 Å². The lowest BCUT2D eigenvalue weighted by Crippen LogP contribution is -2.48. The molecule has 5 heteroatoms. The molecule has 2 aromatic carbocycles. The second-order valence-electron chi connectivity index (χ2n) is 4.69. The van der Waals surface area contributed by atoms with E-state index < -0.39 is 11.6 Å². The molecule has 2 aliphatic rings. The van der Waals surface area contributed by atoms with Crippen molar-refractivity contribution in [2.75, 3.05) is 0 Å². The van der Waals surface area contributed by atoms with E-state index in [0.29, 0.717) is 27.6 Å². The Kier molecular flexibility index (Phi) is 2.14. The summed E-state index contributed by atoms with van der Waals surface area (Å²) in [5.74, 6) is -2.20. The number of nitrogens with zero attached hydrogens (tertiary/aromatic N) is 1. The van der Waals surface area contributed by atoms with Gasteiger partial charge in [0.25, 0.3) is 0 Å². The zero-order valence-electron chi connectivity index (χ0n) is 10.1. The van der Waals surface area contributed by atoms with Gasteiger partial charge in [-0.2, -0.15) is 0 Å². The van der Waals surface area contributed by atoms with Crippen LogP contribution in [-0.4, -0.2) is 22.4 Å². The smallest absolute Gasteiger partial charge is 0.318 e.